The van der Waals surface area contributed by atoms with E-state index in [2.05, 4.69) is 4.98 Å². The Morgan fingerprint density at radius 2 is 2.30 bits per heavy atom. The number of hydrogen-bond acceptors (Lipinski definition) is 4. The molecule has 1 aromatic carbocycles. The van der Waals surface area contributed by atoms with Gasteiger partial charge in [-0.2, -0.15) is 0 Å². The summed E-state index contributed by atoms with van der Waals surface area (Å²) < 4.78 is 0. The van der Waals surface area contributed by atoms with Gasteiger partial charge in [-0.05, 0) is 24.1 Å². The van der Waals surface area contributed by atoms with Gasteiger partial charge < -0.3 is 5.11 Å². The molecular weight excluding hydrogens is 274 g/mol. The number of carboxylic acids is 1. The van der Waals surface area contributed by atoms with Crippen LogP contribution < -0.4 is 0 Å². The first-order valence-corrected chi connectivity index (χ1v) is 7.22. The van der Waals surface area contributed by atoms with Crippen LogP contribution in [-0.2, 0) is 11.2 Å². The summed E-state index contributed by atoms with van der Waals surface area (Å²) in [6.07, 6.45) is 0.372. The van der Waals surface area contributed by atoms with Crippen LogP contribution in [0.2, 0.25) is 0 Å². The first kappa shape index (κ1) is 13.0. The minimum absolute atomic E-state index is 0.0163. The van der Waals surface area contributed by atoms with E-state index in [0.717, 1.165) is 16.1 Å². The van der Waals surface area contributed by atoms with Crippen LogP contribution in [0.5, 0.6) is 0 Å². The fraction of sp³-hybridized carbons (Fsp3) is 0.267. The van der Waals surface area contributed by atoms with Crippen LogP contribution in [0.1, 0.15) is 44.4 Å². The van der Waals surface area contributed by atoms with Crippen molar-refractivity contribution in [1.82, 2.24) is 4.98 Å². The first-order valence-electron chi connectivity index (χ1n) is 6.34. The van der Waals surface area contributed by atoms with E-state index in [1.807, 2.05) is 13.0 Å². The van der Waals surface area contributed by atoms with Gasteiger partial charge in [-0.1, -0.05) is 12.1 Å². The largest absolute Gasteiger partial charge is 0.481 e. The number of carbonyl (C=O) groups excluding carboxylic acids is 1. The molecule has 20 heavy (non-hydrogen) atoms. The Kier molecular flexibility index (Phi) is 3.14. The maximum atomic E-state index is 12.1. The van der Waals surface area contributed by atoms with Gasteiger partial charge in [0.2, 0.25) is 0 Å². The van der Waals surface area contributed by atoms with Crippen LogP contribution in [0.3, 0.4) is 0 Å². The second kappa shape index (κ2) is 4.83. The second-order valence-electron chi connectivity index (χ2n) is 4.97. The van der Waals surface area contributed by atoms with Crippen LogP contribution in [0.25, 0.3) is 0 Å². The maximum absolute atomic E-state index is 12.1. The number of Topliss-reactive ketones (excluding diaryl/α,β-unsaturated/α-hetero) is 1. The number of carbonyl (C=O) groups is 2. The number of carboxylic acid groups (broad SMARTS) is 1. The summed E-state index contributed by atoms with van der Waals surface area (Å²) in [7, 11) is 0. The third-order valence-electron chi connectivity index (χ3n) is 3.65. The van der Waals surface area contributed by atoms with E-state index < -0.39 is 5.97 Å². The molecule has 1 heterocycles. The van der Waals surface area contributed by atoms with Crippen molar-refractivity contribution in [3.8, 4) is 0 Å². The highest BCUT2D eigenvalue weighted by molar-refractivity contribution is 7.09. The normalized spacial score (nSPS) is 17.2. The average molecular weight is 287 g/mol. The molecule has 0 saturated carbocycles. The Balaban J connectivity index is 2.02. The van der Waals surface area contributed by atoms with Gasteiger partial charge in [0, 0.05) is 22.8 Å². The van der Waals surface area contributed by atoms with Gasteiger partial charge >= 0.3 is 5.97 Å². The molecule has 4 nitrogen and oxygen atoms in total. The van der Waals surface area contributed by atoms with E-state index >= 15 is 0 Å². The Bertz CT molecular complexity index is 705. The Morgan fingerprint density at radius 3 is 2.95 bits per heavy atom. The van der Waals surface area contributed by atoms with Gasteiger partial charge in [-0.25, -0.2) is 4.98 Å². The number of thiazole rings is 1. The monoisotopic (exact) mass is 287 g/mol. The lowest BCUT2D eigenvalue weighted by molar-refractivity contribution is -0.136. The molecule has 102 valence electrons. The predicted molar refractivity (Wildman–Crippen MR) is 75.4 cm³/mol. The van der Waals surface area contributed by atoms with Gasteiger partial charge in [-0.15, -0.1) is 11.3 Å². The molecule has 1 unspecified atom stereocenters. The highest BCUT2D eigenvalue weighted by Gasteiger charge is 2.32. The zero-order valence-electron chi connectivity index (χ0n) is 10.9. The van der Waals surface area contributed by atoms with Crippen molar-refractivity contribution in [2.45, 2.75) is 25.7 Å². The number of benzene rings is 1. The van der Waals surface area contributed by atoms with E-state index in [-0.39, 0.29) is 18.1 Å². The quantitative estimate of drug-likeness (QED) is 0.942. The smallest absolute Gasteiger partial charge is 0.307 e. The van der Waals surface area contributed by atoms with E-state index in [9.17, 15) is 9.59 Å². The number of nitrogens with zero attached hydrogens (tertiary/aromatic N) is 1. The molecule has 0 amide bonds. The number of rotatable bonds is 3. The fourth-order valence-corrected chi connectivity index (χ4v) is 3.37. The molecule has 1 N–H and O–H groups in total. The zero-order chi connectivity index (χ0) is 14.3. The molecule has 0 fully saturated rings. The Hall–Kier alpha value is -2.01. The van der Waals surface area contributed by atoms with E-state index in [4.69, 9.17) is 5.11 Å². The number of aryl methyl sites for hydroxylation is 1. The van der Waals surface area contributed by atoms with Gasteiger partial charge in [-0.3, -0.25) is 9.59 Å². The summed E-state index contributed by atoms with van der Waals surface area (Å²) in [6, 6.07) is 5.38. The summed E-state index contributed by atoms with van der Waals surface area (Å²) in [5.74, 6) is -0.797. The topological polar surface area (TPSA) is 67.3 Å². The molecule has 0 saturated heterocycles. The summed E-state index contributed by atoms with van der Waals surface area (Å²) in [4.78, 5) is 28.4. The summed E-state index contributed by atoms with van der Waals surface area (Å²) in [6.45, 7) is 2.01. The maximum Gasteiger partial charge on any atom is 0.307 e. The van der Waals surface area contributed by atoms with E-state index in [1.165, 1.54) is 0 Å². The lowest BCUT2D eigenvalue weighted by Crippen LogP contribution is -2.02. The van der Waals surface area contributed by atoms with Gasteiger partial charge in [0.1, 0.15) is 0 Å². The molecule has 1 atom stereocenters. The highest BCUT2D eigenvalue weighted by atomic mass is 32.1. The minimum atomic E-state index is -0.887. The third kappa shape index (κ3) is 2.14. The summed E-state index contributed by atoms with van der Waals surface area (Å²) in [5.41, 5.74) is 5.05. The zero-order valence-corrected chi connectivity index (χ0v) is 11.7. The molecule has 1 aromatic heterocycles. The van der Waals surface area contributed by atoms with Crippen molar-refractivity contribution in [2.75, 3.05) is 0 Å². The van der Waals surface area contributed by atoms with Crippen LogP contribution in [0.4, 0.5) is 0 Å². The average Bonchev–Trinajstić information content (AvgIpc) is 2.93. The van der Waals surface area contributed by atoms with Crippen LogP contribution in [0, 0.1) is 6.92 Å². The first-order chi connectivity index (χ1) is 9.56. The Labute approximate surface area is 120 Å². The molecule has 0 radical (unpaired) electrons. The molecule has 2 aromatic rings. The SMILES string of the molecule is Cc1scnc1C1CC(=O)c2cc(CC(=O)O)ccc21. The number of hydrogen-bond donors (Lipinski definition) is 1. The van der Waals surface area contributed by atoms with Gasteiger partial charge in [0.25, 0.3) is 0 Å². The van der Waals surface area contributed by atoms with E-state index in [0.29, 0.717) is 17.5 Å². The van der Waals surface area contributed by atoms with Crippen molar-refractivity contribution in [3.63, 3.8) is 0 Å². The second-order valence-corrected chi connectivity index (χ2v) is 6.02. The van der Waals surface area contributed by atoms with Crippen LogP contribution in [0.15, 0.2) is 23.7 Å². The summed E-state index contributed by atoms with van der Waals surface area (Å²) in [5, 5.41) is 8.83. The molecule has 1 aliphatic rings. The lowest BCUT2D eigenvalue weighted by Gasteiger charge is -2.09. The van der Waals surface area contributed by atoms with Crippen LogP contribution >= 0.6 is 11.3 Å². The molecular formula is C15H13NO3S. The van der Waals surface area contributed by atoms with Crippen molar-refractivity contribution in [3.05, 3.63) is 51.0 Å². The molecule has 0 spiro atoms. The van der Waals surface area contributed by atoms with Gasteiger partial charge in [0.15, 0.2) is 5.78 Å². The van der Waals surface area contributed by atoms with E-state index in [1.54, 1.807) is 29.0 Å². The van der Waals surface area contributed by atoms with Crippen molar-refractivity contribution in [2.24, 2.45) is 0 Å². The number of fused-ring (bicyclic) bond motifs is 1. The van der Waals surface area contributed by atoms with Crippen molar-refractivity contribution in [1.29, 1.82) is 0 Å². The molecule has 0 aliphatic heterocycles. The number of aromatic nitrogens is 1. The predicted octanol–water partition coefficient (Wildman–Crippen LogP) is 2.80. The van der Waals surface area contributed by atoms with Gasteiger partial charge in [0.05, 0.1) is 17.6 Å². The lowest BCUT2D eigenvalue weighted by atomic mass is 9.96. The van der Waals surface area contributed by atoms with Crippen molar-refractivity contribution >= 4 is 23.1 Å². The number of ketones is 1. The van der Waals surface area contributed by atoms with Crippen LogP contribution in [-0.4, -0.2) is 21.8 Å². The highest BCUT2D eigenvalue weighted by Crippen LogP contribution is 2.39. The minimum Gasteiger partial charge on any atom is -0.481 e. The molecule has 3 rings (SSSR count). The molecule has 1 aliphatic carbocycles. The Morgan fingerprint density at radius 1 is 1.50 bits per heavy atom. The molecule has 0 bridgehead atoms. The molecule has 5 heteroatoms. The fourth-order valence-electron chi connectivity index (χ4n) is 2.73. The standard InChI is InChI=1S/C15H13NO3S/c1-8-15(16-7-20-8)12-6-13(17)11-4-9(5-14(18)19)2-3-10(11)12/h2-4,7,12H,5-6H2,1H3,(H,18,19). The third-order valence-corrected chi connectivity index (χ3v) is 4.42. The number of aliphatic carboxylic acids is 1. The van der Waals surface area contributed by atoms with Crippen molar-refractivity contribution < 1.29 is 14.7 Å². The summed E-state index contributed by atoms with van der Waals surface area (Å²) >= 11 is 1.58.